The standard InChI is InChI=1S/C27H25N3O2/c1-19-12-13-22(32-26-24-10-3-2-7-20(24)14-16-29-26)18-30(19)27(31)25-11-5-4-9-23(25)21-8-6-15-28-17-21/h2-11,14-17,19,22H,12-13,18H2,1H3/t19-,22+/m1/s1. The summed E-state index contributed by atoms with van der Waals surface area (Å²) in [6, 6.07) is 21.8. The Morgan fingerprint density at radius 2 is 1.81 bits per heavy atom. The van der Waals surface area contributed by atoms with E-state index in [0.29, 0.717) is 18.0 Å². The van der Waals surface area contributed by atoms with Gasteiger partial charge in [0.05, 0.1) is 6.54 Å². The summed E-state index contributed by atoms with van der Waals surface area (Å²) in [5.41, 5.74) is 2.53. The van der Waals surface area contributed by atoms with E-state index < -0.39 is 0 Å². The molecule has 1 aliphatic heterocycles. The van der Waals surface area contributed by atoms with E-state index >= 15 is 0 Å². The van der Waals surface area contributed by atoms with Crippen LogP contribution >= 0.6 is 0 Å². The predicted molar refractivity (Wildman–Crippen MR) is 126 cm³/mol. The first kappa shape index (κ1) is 20.2. The van der Waals surface area contributed by atoms with E-state index in [-0.39, 0.29) is 18.1 Å². The van der Waals surface area contributed by atoms with Crippen molar-refractivity contribution in [3.63, 3.8) is 0 Å². The number of likely N-dealkylation sites (tertiary alicyclic amines) is 1. The van der Waals surface area contributed by atoms with Crippen LogP contribution in [0.3, 0.4) is 0 Å². The number of hydrogen-bond donors (Lipinski definition) is 0. The van der Waals surface area contributed by atoms with Crippen LogP contribution in [0.15, 0.2) is 85.3 Å². The number of piperidine rings is 1. The monoisotopic (exact) mass is 423 g/mol. The maximum Gasteiger partial charge on any atom is 0.254 e. The third-order valence-corrected chi connectivity index (χ3v) is 6.15. The van der Waals surface area contributed by atoms with Gasteiger partial charge in [-0.05, 0) is 55.0 Å². The van der Waals surface area contributed by atoms with Gasteiger partial charge >= 0.3 is 0 Å². The second-order valence-corrected chi connectivity index (χ2v) is 8.25. The molecule has 2 aromatic carbocycles. The van der Waals surface area contributed by atoms with E-state index in [9.17, 15) is 4.79 Å². The molecule has 2 atom stereocenters. The molecule has 0 aliphatic carbocycles. The maximum atomic E-state index is 13.6. The van der Waals surface area contributed by atoms with E-state index in [4.69, 9.17) is 4.74 Å². The molecule has 0 radical (unpaired) electrons. The SMILES string of the molecule is C[C@@H]1CC[C@H](Oc2nccc3ccccc23)CN1C(=O)c1ccccc1-c1cccnc1. The molecule has 4 aromatic rings. The van der Waals surface area contributed by atoms with Gasteiger partial charge in [-0.1, -0.05) is 42.5 Å². The Bertz CT molecular complexity index is 1240. The zero-order chi connectivity index (χ0) is 21.9. The van der Waals surface area contributed by atoms with Gasteiger partial charge < -0.3 is 9.64 Å². The first-order valence-corrected chi connectivity index (χ1v) is 11.0. The second kappa shape index (κ2) is 8.79. The van der Waals surface area contributed by atoms with Gasteiger partial charge in [0.1, 0.15) is 6.10 Å². The highest BCUT2D eigenvalue weighted by atomic mass is 16.5. The van der Waals surface area contributed by atoms with Gasteiger partial charge in [0, 0.05) is 41.1 Å². The molecule has 3 heterocycles. The van der Waals surface area contributed by atoms with Gasteiger partial charge in [-0.3, -0.25) is 9.78 Å². The van der Waals surface area contributed by atoms with E-state index in [1.54, 1.807) is 18.6 Å². The van der Waals surface area contributed by atoms with Crippen LogP contribution in [0.5, 0.6) is 5.88 Å². The highest BCUT2D eigenvalue weighted by molar-refractivity contribution is 6.01. The molecular weight excluding hydrogens is 398 g/mol. The van der Waals surface area contributed by atoms with Crippen molar-refractivity contribution in [1.29, 1.82) is 0 Å². The van der Waals surface area contributed by atoms with Gasteiger partial charge in [0.25, 0.3) is 5.91 Å². The number of amides is 1. The molecule has 1 aliphatic rings. The summed E-state index contributed by atoms with van der Waals surface area (Å²) in [6.45, 7) is 2.64. The number of rotatable bonds is 4. The van der Waals surface area contributed by atoms with Crippen LogP contribution in [0.25, 0.3) is 21.9 Å². The molecule has 5 heteroatoms. The lowest BCUT2D eigenvalue weighted by Gasteiger charge is -2.38. The van der Waals surface area contributed by atoms with Crippen molar-refractivity contribution in [1.82, 2.24) is 14.9 Å². The molecular formula is C27H25N3O2. The summed E-state index contributed by atoms with van der Waals surface area (Å²) in [5, 5.41) is 2.09. The number of pyridine rings is 2. The Morgan fingerprint density at radius 3 is 2.69 bits per heavy atom. The van der Waals surface area contributed by atoms with Gasteiger partial charge in [0.2, 0.25) is 5.88 Å². The molecule has 0 bridgehead atoms. The van der Waals surface area contributed by atoms with Crippen molar-refractivity contribution in [3.8, 4) is 17.0 Å². The van der Waals surface area contributed by atoms with E-state index in [0.717, 1.165) is 34.7 Å². The number of ether oxygens (including phenoxy) is 1. The quantitative estimate of drug-likeness (QED) is 0.443. The third kappa shape index (κ3) is 3.94. The molecule has 2 aromatic heterocycles. The van der Waals surface area contributed by atoms with Gasteiger partial charge in [-0.25, -0.2) is 4.98 Å². The molecule has 32 heavy (non-hydrogen) atoms. The molecule has 5 nitrogen and oxygen atoms in total. The Labute approximate surface area is 187 Å². The summed E-state index contributed by atoms with van der Waals surface area (Å²) < 4.78 is 6.33. The van der Waals surface area contributed by atoms with E-state index in [1.807, 2.05) is 65.6 Å². The van der Waals surface area contributed by atoms with Gasteiger partial charge in [-0.2, -0.15) is 0 Å². The van der Waals surface area contributed by atoms with Crippen LogP contribution in [0.4, 0.5) is 0 Å². The Hall–Kier alpha value is -3.73. The minimum absolute atomic E-state index is 0.0242. The summed E-state index contributed by atoms with van der Waals surface area (Å²) >= 11 is 0. The fraction of sp³-hybridized carbons (Fsp3) is 0.222. The molecule has 5 rings (SSSR count). The van der Waals surface area contributed by atoms with Crippen LogP contribution in [0.2, 0.25) is 0 Å². The largest absolute Gasteiger partial charge is 0.472 e. The van der Waals surface area contributed by atoms with Gasteiger partial charge in [-0.15, -0.1) is 0 Å². The van der Waals surface area contributed by atoms with Crippen molar-refractivity contribution in [2.75, 3.05) is 6.54 Å². The molecule has 1 fully saturated rings. The molecule has 0 unspecified atom stereocenters. The lowest BCUT2D eigenvalue weighted by atomic mass is 9.96. The van der Waals surface area contributed by atoms with Crippen molar-refractivity contribution < 1.29 is 9.53 Å². The number of aromatic nitrogens is 2. The minimum Gasteiger partial charge on any atom is -0.472 e. The molecule has 0 N–H and O–H groups in total. The molecule has 1 saturated heterocycles. The van der Waals surface area contributed by atoms with Crippen molar-refractivity contribution in [3.05, 3.63) is 90.9 Å². The maximum absolute atomic E-state index is 13.6. The average Bonchev–Trinajstić information content (AvgIpc) is 2.85. The highest BCUT2D eigenvalue weighted by Gasteiger charge is 2.32. The minimum atomic E-state index is -0.0981. The first-order chi connectivity index (χ1) is 15.7. The summed E-state index contributed by atoms with van der Waals surface area (Å²) in [6.07, 6.45) is 6.99. The number of carbonyl (C=O) groups is 1. The third-order valence-electron chi connectivity index (χ3n) is 6.15. The number of hydrogen-bond acceptors (Lipinski definition) is 4. The van der Waals surface area contributed by atoms with Crippen LogP contribution < -0.4 is 4.74 Å². The van der Waals surface area contributed by atoms with Crippen LogP contribution in [-0.4, -0.2) is 39.5 Å². The van der Waals surface area contributed by atoms with E-state index in [1.165, 1.54) is 0 Å². The first-order valence-electron chi connectivity index (χ1n) is 11.0. The number of carbonyl (C=O) groups excluding carboxylic acids is 1. The lowest BCUT2D eigenvalue weighted by Crippen LogP contribution is -2.49. The van der Waals surface area contributed by atoms with Crippen molar-refractivity contribution in [2.45, 2.75) is 31.9 Å². The average molecular weight is 424 g/mol. The summed E-state index contributed by atoms with van der Waals surface area (Å²) in [7, 11) is 0. The fourth-order valence-corrected chi connectivity index (χ4v) is 4.39. The predicted octanol–water partition coefficient (Wildman–Crippen LogP) is 5.37. The molecule has 0 spiro atoms. The lowest BCUT2D eigenvalue weighted by molar-refractivity contribution is 0.0378. The van der Waals surface area contributed by atoms with Crippen LogP contribution in [0.1, 0.15) is 30.1 Å². The zero-order valence-corrected chi connectivity index (χ0v) is 18.0. The second-order valence-electron chi connectivity index (χ2n) is 8.25. The van der Waals surface area contributed by atoms with E-state index in [2.05, 4.69) is 23.0 Å². The zero-order valence-electron chi connectivity index (χ0n) is 18.0. The Balaban J connectivity index is 1.40. The highest BCUT2D eigenvalue weighted by Crippen LogP contribution is 2.29. The Kier molecular flexibility index (Phi) is 5.55. The summed E-state index contributed by atoms with van der Waals surface area (Å²) in [4.78, 5) is 24.3. The number of benzene rings is 2. The Morgan fingerprint density at radius 1 is 0.969 bits per heavy atom. The number of fused-ring (bicyclic) bond motifs is 1. The fourth-order valence-electron chi connectivity index (χ4n) is 4.39. The van der Waals surface area contributed by atoms with Gasteiger partial charge in [0.15, 0.2) is 0 Å². The topological polar surface area (TPSA) is 55.3 Å². The smallest absolute Gasteiger partial charge is 0.254 e. The molecule has 0 saturated carbocycles. The number of nitrogens with zero attached hydrogens (tertiary/aromatic N) is 3. The normalized spacial score (nSPS) is 18.5. The molecule has 160 valence electrons. The summed E-state index contributed by atoms with van der Waals surface area (Å²) in [5.74, 6) is 0.655. The van der Waals surface area contributed by atoms with Crippen molar-refractivity contribution >= 4 is 16.7 Å². The van der Waals surface area contributed by atoms with Crippen LogP contribution in [0, 0.1) is 0 Å². The molecule has 1 amide bonds. The van der Waals surface area contributed by atoms with Crippen molar-refractivity contribution in [2.24, 2.45) is 0 Å². The van der Waals surface area contributed by atoms with Crippen LogP contribution in [-0.2, 0) is 0 Å².